The summed E-state index contributed by atoms with van der Waals surface area (Å²) in [6, 6.07) is 8.58. The van der Waals surface area contributed by atoms with Crippen LogP contribution in [0.5, 0.6) is 0 Å². The number of hydrogen-bond donors (Lipinski definition) is 3. The third kappa shape index (κ3) is 5.04. The summed E-state index contributed by atoms with van der Waals surface area (Å²) in [5.41, 5.74) is 1.02. The second-order valence-electron chi connectivity index (χ2n) is 5.38. The molecule has 0 atom stereocenters. The Labute approximate surface area is 135 Å². The molecule has 110 valence electrons. The summed E-state index contributed by atoms with van der Waals surface area (Å²) < 4.78 is 1.06. The summed E-state index contributed by atoms with van der Waals surface area (Å²) in [4.78, 5) is 1.73. The van der Waals surface area contributed by atoms with E-state index in [0.717, 1.165) is 15.3 Å². The monoisotopic (exact) mass is 356 g/mol. The van der Waals surface area contributed by atoms with Crippen molar-refractivity contribution in [2.45, 2.75) is 32.2 Å². The Balaban J connectivity index is 1.75. The normalized spacial score (nSPS) is 22.3. The van der Waals surface area contributed by atoms with Gasteiger partial charge in [0.05, 0.1) is 19.6 Å². The van der Waals surface area contributed by atoms with Gasteiger partial charge in [-0.05, 0) is 36.8 Å². The van der Waals surface area contributed by atoms with Crippen LogP contribution >= 0.6 is 28.1 Å². The zero-order valence-electron chi connectivity index (χ0n) is 11.9. The van der Waals surface area contributed by atoms with Gasteiger partial charge >= 0.3 is 0 Å². The minimum atomic E-state index is 0.516. The number of halogens is 1. The summed E-state index contributed by atoms with van der Waals surface area (Å²) in [5.74, 6) is 0. The number of likely N-dealkylation sites (tertiary alicyclic amines) is 1. The Bertz CT molecular complexity index is 444. The van der Waals surface area contributed by atoms with E-state index < -0.39 is 0 Å². The fourth-order valence-electron chi connectivity index (χ4n) is 2.69. The van der Waals surface area contributed by atoms with Gasteiger partial charge in [0, 0.05) is 29.0 Å². The van der Waals surface area contributed by atoms with Crippen molar-refractivity contribution < 1.29 is 4.90 Å². The highest BCUT2D eigenvalue weighted by molar-refractivity contribution is 9.10. The SMILES string of the molecule is CCC[NH+]1CCC(NC(=S)Nc2cccc(Br)c2)CC1. The van der Waals surface area contributed by atoms with Gasteiger partial charge in [0.1, 0.15) is 0 Å². The number of piperidine rings is 1. The van der Waals surface area contributed by atoms with Gasteiger partial charge in [-0.3, -0.25) is 0 Å². The first-order valence-corrected chi connectivity index (χ1v) is 8.54. The molecule has 0 aromatic heterocycles. The first-order chi connectivity index (χ1) is 9.67. The van der Waals surface area contributed by atoms with Crippen LogP contribution in [0.15, 0.2) is 28.7 Å². The molecule has 3 nitrogen and oxygen atoms in total. The molecule has 2 rings (SSSR count). The van der Waals surface area contributed by atoms with Crippen molar-refractivity contribution in [3.05, 3.63) is 28.7 Å². The lowest BCUT2D eigenvalue weighted by molar-refractivity contribution is -0.905. The predicted octanol–water partition coefficient (Wildman–Crippen LogP) is 2.19. The number of hydrogen-bond acceptors (Lipinski definition) is 1. The summed E-state index contributed by atoms with van der Waals surface area (Å²) in [7, 11) is 0. The molecule has 1 fully saturated rings. The molecule has 0 aliphatic carbocycles. The van der Waals surface area contributed by atoms with E-state index in [-0.39, 0.29) is 0 Å². The van der Waals surface area contributed by atoms with E-state index in [0.29, 0.717) is 6.04 Å². The highest BCUT2D eigenvalue weighted by Gasteiger charge is 2.21. The van der Waals surface area contributed by atoms with Gasteiger partial charge < -0.3 is 15.5 Å². The maximum atomic E-state index is 5.40. The summed E-state index contributed by atoms with van der Waals surface area (Å²) in [6.45, 7) is 6.07. The molecule has 1 aromatic rings. The quantitative estimate of drug-likeness (QED) is 0.722. The molecule has 3 N–H and O–H groups in total. The smallest absolute Gasteiger partial charge is 0.171 e. The van der Waals surface area contributed by atoms with Crippen LogP contribution in [-0.4, -0.2) is 30.8 Å². The largest absolute Gasteiger partial charge is 0.359 e. The fourth-order valence-corrected chi connectivity index (χ4v) is 3.38. The van der Waals surface area contributed by atoms with Crippen LogP contribution < -0.4 is 15.5 Å². The van der Waals surface area contributed by atoms with E-state index in [1.165, 1.54) is 38.9 Å². The molecule has 0 spiro atoms. The third-order valence-corrected chi connectivity index (χ3v) is 4.43. The van der Waals surface area contributed by atoms with Crippen molar-refractivity contribution in [2.75, 3.05) is 25.0 Å². The Kier molecular flexibility index (Phi) is 6.26. The van der Waals surface area contributed by atoms with E-state index in [1.807, 2.05) is 24.3 Å². The van der Waals surface area contributed by atoms with Gasteiger partial charge in [-0.1, -0.05) is 28.9 Å². The molecule has 1 aliphatic heterocycles. The number of rotatable bonds is 4. The van der Waals surface area contributed by atoms with Gasteiger partial charge in [-0.2, -0.15) is 0 Å². The lowest BCUT2D eigenvalue weighted by Gasteiger charge is -2.30. The van der Waals surface area contributed by atoms with Crippen molar-refractivity contribution in [3.8, 4) is 0 Å². The van der Waals surface area contributed by atoms with Crippen molar-refractivity contribution in [1.82, 2.24) is 5.32 Å². The first kappa shape index (κ1) is 15.7. The molecular weight excluding hydrogens is 334 g/mol. The molecule has 0 unspecified atom stereocenters. The molecule has 1 aliphatic rings. The molecule has 20 heavy (non-hydrogen) atoms. The molecule has 1 heterocycles. The molecule has 5 heteroatoms. The van der Waals surface area contributed by atoms with Crippen LogP contribution in [0.4, 0.5) is 5.69 Å². The van der Waals surface area contributed by atoms with Crippen LogP contribution in [0, 0.1) is 0 Å². The molecule has 1 aromatic carbocycles. The van der Waals surface area contributed by atoms with Crippen LogP contribution in [0.1, 0.15) is 26.2 Å². The summed E-state index contributed by atoms with van der Waals surface area (Å²) >= 11 is 8.86. The molecule has 0 radical (unpaired) electrons. The third-order valence-electron chi connectivity index (χ3n) is 3.71. The Hall–Kier alpha value is -0.650. The summed E-state index contributed by atoms with van der Waals surface area (Å²) in [5, 5.41) is 7.42. The molecule has 0 amide bonds. The lowest BCUT2D eigenvalue weighted by Crippen LogP contribution is -3.13. The van der Waals surface area contributed by atoms with Gasteiger partial charge in [0.2, 0.25) is 0 Å². The van der Waals surface area contributed by atoms with Crippen LogP contribution in [0.2, 0.25) is 0 Å². The van der Waals surface area contributed by atoms with Crippen LogP contribution in [-0.2, 0) is 0 Å². The Morgan fingerprint density at radius 3 is 2.80 bits per heavy atom. The second-order valence-corrected chi connectivity index (χ2v) is 6.71. The maximum Gasteiger partial charge on any atom is 0.171 e. The van der Waals surface area contributed by atoms with Crippen molar-refractivity contribution in [2.24, 2.45) is 0 Å². The number of thiocarbonyl (C=S) groups is 1. The Morgan fingerprint density at radius 1 is 1.40 bits per heavy atom. The van der Waals surface area contributed by atoms with Gasteiger partial charge in [-0.15, -0.1) is 0 Å². The Morgan fingerprint density at radius 2 is 2.15 bits per heavy atom. The molecule has 0 saturated carbocycles. The topological polar surface area (TPSA) is 28.5 Å². The molecular formula is C15H23BrN3S+. The highest BCUT2D eigenvalue weighted by atomic mass is 79.9. The predicted molar refractivity (Wildman–Crippen MR) is 92.4 cm³/mol. The van der Waals surface area contributed by atoms with Crippen LogP contribution in [0.3, 0.4) is 0 Å². The van der Waals surface area contributed by atoms with Crippen molar-refractivity contribution in [1.29, 1.82) is 0 Å². The number of anilines is 1. The average Bonchev–Trinajstić information content (AvgIpc) is 2.41. The van der Waals surface area contributed by atoms with Gasteiger partial charge in [0.15, 0.2) is 5.11 Å². The maximum absolute atomic E-state index is 5.40. The van der Waals surface area contributed by atoms with E-state index in [9.17, 15) is 0 Å². The van der Waals surface area contributed by atoms with E-state index in [2.05, 4.69) is 33.5 Å². The zero-order valence-corrected chi connectivity index (χ0v) is 14.3. The van der Waals surface area contributed by atoms with E-state index in [1.54, 1.807) is 4.90 Å². The minimum Gasteiger partial charge on any atom is -0.359 e. The number of quaternary nitrogens is 1. The van der Waals surface area contributed by atoms with Crippen molar-refractivity contribution in [3.63, 3.8) is 0 Å². The second kappa shape index (κ2) is 7.96. The van der Waals surface area contributed by atoms with Gasteiger partial charge in [0.25, 0.3) is 0 Å². The highest BCUT2D eigenvalue weighted by Crippen LogP contribution is 2.15. The summed E-state index contributed by atoms with van der Waals surface area (Å²) in [6.07, 6.45) is 3.68. The number of nitrogens with one attached hydrogen (secondary N) is 3. The molecule has 1 saturated heterocycles. The zero-order chi connectivity index (χ0) is 14.4. The first-order valence-electron chi connectivity index (χ1n) is 7.34. The van der Waals surface area contributed by atoms with Crippen molar-refractivity contribution >= 4 is 38.9 Å². The standard InChI is InChI=1S/C15H22BrN3S/c1-2-8-19-9-6-13(7-10-19)17-15(20)18-14-5-3-4-12(16)11-14/h3-5,11,13H,2,6-10H2,1H3,(H2,17,18,20)/p+1. The average molecular weight is 357 g/mol. The van der Waals surface area contributed by atoms with Gasteiger partial charge in [-0.25, -0.2) is 0 Å². The fraction of sp³-hybridized carbons (Fsp3) is 0.533. The molecule has 0 bridgehead atoms. The van der Waals surface area contributed by atoms with E-state index >= 15 is 0 Å². The lowest BCUT2D eigenvalue weighted by atomic mass is 10.1. The van der Waals surface area contributed by atoms with Crippen LogP contribution in [0.25, 0.3) is 0 Å². The number of benzene rings is 1. The van der Waals surface area contributed by atoms with E-state index in [4.69, 9.17) is 12.2 Å². The minimum absolute atomic E-state index is 0.516.